The third kappa shape index (κ3) is 4.57. The summed E-state index contributed by atoms with van der Waals surface area (Å²) < 4.78 is 5.29. The van der Waals surface area contributed by atoms with Crippen molar-refractivity contribution in [2.45, 2.75) is 6.92 Å². The molecule has 0 aromatic heterocycles. The third-order valence-corrected chi connectivity index (χ3v) is 3.06. The number of carbonyl (C=O) groups is 3. The first-order chi connectivity index (χ1) is 11.5. The van der Waals surface area contributed by atoms with Crippen LogP contribution >= 0.6 is 0 Å². The molecule has 0 unspecified atom stereocenters. The zero-order valence-corrected chi connectivity index (χ0v) is 13.0. The van der Waals surface area contributed by atoms with Gasteiger partial charge in [0.05, 0.1) is 6.61 Å². The average Bonchev–Trinajstić information content (AvgIpc) is 2.57. The molecule has 0 radical (unpaired) electrons. The van der Waals surface area contributed by atoms with Crippen molar-refractivity contribution in [1.29, 1.82) is 0 Å². The minimum atomic E-state index is -0.823. The van der Waals surface area contributed by atoms with Crippen molar-refractivity contribution in [3.05, 3.63) is 54.1 Å². The van der Waals surface area contributed by atoms with E-state index in [-0.39, 0.29) is 0 Å². The summed E-state index contributed by atoms with van der Waals surface area (Å²) in [7, 11) is 0. The van der Waals surface area contributed by atoms with E-state index in [1.807, 2.05) is 6.92 Å². The van der Waals surface area contributed by atoms with E-state index in [2.05, 4.69) is 10.6 Å². The minimum Gasteiger partial charge on any atom is -0.494 e. The Hall–Kier alpha value is -3.35. The van der Waals surface area contributed by atoms with Crippen molar-refractivity contribution in [2.75, 3.05) is 17.2 Å². The summed E-state index contributed by atoms with van der Waals surface area (Å²) in [5.41, 5.74) is 6.30. The van der Waals surface area contributed by atoms with Gasteiger partial charge in [0.1, 0.15) is 5.75 Å². The number of amides is 3. The number of nitrogens with two attached hydrogens (primary N) is 1. The number of hydrogen-bond acceptors (Lipinski definition) is 4. The van der Waals surface area contributed by atoms with Gasteiger partial charge in [-0.15, -0.1) is 0 Å². The van der Waals surface area contributed by atoms with E-state index >= 15 is 0 Å². The Kier molecular flexibility index (Phi) is 5.51. The molecule has 0 bridgehead atoms. The molecule has 0 saturated heterocycles. The largest absolute Gasteiger partial charge is 0.494 e. The fourth-order valence-electron chi connectivity index (χ4n) is 1.89. The highest BCUT2D eigenvalue weighted by atomic mass is 16.5. The Morgan fingerprint density at radius 1 is 0.875 bits per heavy atom. The van der Waals surface area contributed by atoms with E-state index in [9.17, 15) is 14.4 Å². The molecular formula is C17H17N3O4. The molecule has 0 aliphatic heterocycles. The average molecular weight is 327 g/mol. The maximum Gasteiger partial charge on any atom is 0.314 e. The molecule has 0 saturated carbocycles. The highest BCUT2D eigenvalue weighted by molar-refractivity contribution is 6.43. The molecule has 124 valence electrons. The van der Waals surface area contributed by atoms with Gasteiger partial charge in [-0.1, -0.05) is 0 Å². The van der Waals surface area contributed by atoms with Gasteiger partial charge in [0.25, 0.3) is 0 Å². The summed E-state index contributed by atoms with van der Waals surface area (Å²) in [6.07, 6.45) is 0. The van der Waals surface area contributed by atoms with Crippen molar-refractivity contribution in [2.24, 2.45) is 5.73 Å². The lowest BCUT2D eigenvalue weighted by Gasteiger charge is -2.08. The first-order valence-corrected chi connectivity index (χ1v) is 7.24. The lowest BCUT2D eigenvalue weighted by atomic mass is 10.2. The number of primary amides is 1. The molecule has 0 spiro atoms. The first kappa shape index (κ1) is 17.0. The molecule has 4 N–H and O–H groups in total. The van der Waals surface area contributed by atoms with Gasteiger partial charge in [-0.25, -0.2) is 0 Å². The Morgan fingerprint density at radius 2 is 1.33 bits per heavy atom. The van der Waals surface area contributed by atoms with Gasteiger partial charge in [0.15, 0.2) is 0 Å². The van der Waals surface area contributed by atoms with Crippen LogP contribution in [-0.4, -0.2) is 24.3 Å². The maximum atomic E-state index is 11.9. The predicted molar refractivity (Wildman–Crippen MR) is 89.8 cm³/mol. The molecular weight excluding hydrogens is 310 g/mol. The van der Waals surface area contributed by atoms with Crippen LogP contribution in [-0.2, 0) is 9.59 Å². The molecule has 0 fully saturated rings. The minimum absolute atomic E-state index is 0.312. The monoisotopic (exact) mass is 327 g/mol. The smallest absolute Gasteiger partial charge is 0.314 e. The fourth-order valence-corrected chi connectivity index (χ4v) is 1.89. The van der Waals surface area contributed by atoms with Crippen LogP contribution in [0, 0.1) is 0 Å². The van der Waals surface area contributed by atoms with Gasteiger partial charge in [-0.05, 0) is 55.5 Å². The Bertz CT molecular complexity index is 739. The zero-order chi connectivity index (χ0) is 17.5. The number of carbonyl (C=O) groups excluding carboxylic acids is 3. The number of ether oxygens (including phenoxy) is 1. The number of nitrogens with one attached hydrogen (secondary N) is 2. The van der Waals surface area contributed by atoms with Crippen LogP contribution in [0.1, 0.15) is 17.3 Å². The Balaban J connectivity index is 1.94. The molecule has 7 nitrogen and oxygen atoms in total. The van der Waals surface area contributed by atoms with Crippen LogP contribution in [0.2, 0.25) is 0 Å². The molecule has 0 aliphatic rings. The van der Waals surface area contributed by atoms with Crippen molar-refractivity contribution < 1.29 is 19.1 Å². The van der Waals surface area contributed by atoms with Crippen LogP contribution in [0.15, 0.2) is 48.5 Å². The Morgan fingerprint density at radius 3 is 1.75 bits per heavy atom. The third-order valence-electron chi connectivity index (χ3n) is 3.06. The molecule has 2 aromatic carbocycles. The first-order valence-electron chi connectivity index (χ1n) is 7.24. The second-order valence-electron chi connectivity index (χ2n) is 4.81. The van der Waals surface area contributed by atoms with Crippen LogP contribution in [0.3, 0.4) is 0 Å². The van der Waals surface area contributed by atoms with Gasteiger partial charge in [0, 0.05) is 16.9 Å². The number of anilines is 2. The molecule has 7 heteroatoms. The van der Waals surface area contributed by atoms with Crippen molar-refractivity contribution >= 4 is 29.1 Å². The number of rotatable bonds is 5. The normalized spacial score (nSPS) is 9.88. The molecule has 2 aromatic rings. The van der Waals surface area contributed by atoms with E-state index in [4.69, 9.17) is 10.5 Å². The maximum absolute atomic E-state index is 11.9. The van der Waals surface area contributed by atoms with Gasteiger partial charge < -0.3 is 21.1 Å². The Labute approximate surface area is 138 Å². The summed E-state index contributed by atoms with van der Waals surface area (Å²) in [6.45, 7) is 2.42. The quantitative estimate of drug-likeness (QED) is 0.727. The van der Waals surface area contributed by atoms with E-state index in [0.29, 0.717) is 29.3 Å². The van der Waals surface area contributed by atoms with Crippen LogP contribution < -0.4 is 21.1 Å². The van der Waals surface area contributed by atoms with Gasteiger partial charge >= 0.3 is 11.8 Å². The SMILES string of the molecule is CCOc1ccc(NC(=O)C(=O)Nc2ccc(C(N)=O)cc2)cc1. The van der Waals surface area contributed by atoms with Gasteiger partial charge in [0.2, 0.25) is 5.91 Å². The fraction of sp³-hybridized carbons (Fsp3) is 0.118. The zero-order valence-electron chi connectivity index (χ0n) is 13.0. The summed E-state index contributed by atoms with van der Waals surface area (Å²) in [6, 6.07) is 12.6. The van der Waals surface area contributed by atoms with Crippen molar-refractivity contribution in [1.82, 2.24) is 0 Å². The number of benzene rings is 2. The molecule has 0 heterocycles. The number of hydrogen-bond donors (Lipinski definition) is 3. The summed E-state index contributed by atoms with van der Waals surface area (Å²) in [5, 5.41) is 4.91. The van der Waals surface area contributed by atoms with Crippen molar-refractivity contribution in [3.63, 3.8) is 0 Å². The lowest BCUT2D eigenvalue weighted by molar-refractivity contribution is -0.132. The van der Waals surface area contributed by atoms with Crippen LogP contribution in [0.25, 0.3) is 0 Å². The molecule has 2 rings (SSSR count). The predicted octanol–water partition coefficient (Wildman–Crippen LogP) is 1.76. The van der Waals surface area contributed by atoms with E-state index in [1.54, 1.807) is 24.3 Å². The van der Waals surface area contributed by atoms with Crippen molar-refractivity contribution in [3.8, 4) is 5.75 Å². The standard InChI is InChI=1S/C17H17N3O4/c1-2-24-14-9-7-13(8-10-14)20-17(23)16(22)19-12-5-3-11(4-6-12)15(18)21/h3-10H,2H2,1H3,(H2,18,21)(H,19,22)(H,20,23). The molecule has 0 aliphatic carbocycles. The summed E-state index contributed by atoms with van der Waals surface area (Å²) in [5.74, 6) is -1.52. The summed E-state index contributed by atoms with van der Waals surface area (Å²) >= 11 is 0. The van der Waals surface area contributed by atoms with Crippen LogP contribution in [0.5, 0.6) is 5.75 Å². The highest BCUT2D eigenvalue weighted by Crippen LogP contribution is 2.15. The van der Waals surface area contributed by atoms with E-state index < -0.39 is 17.7 Å². The second kappa shape index (κ2) is 7.77. The molecule has 24 heavy (non-hydrogen) atoms. The van der Waals surface area contributed by atoms with Crippen LogP contribution in [0.4, 0.5) is 11.4 Å². The molecule has 0 atom stereocenters. The highest BCUT2D eigenvalue weighted by Gasteiger charge is 2.14. The second-order valence-corrected chi connectivity index (χ2v) is 4.81. The van der Waals surface area contributed by atoms with E-state index in [0.717, 1.165) is 0 Å². The molecule has 3 amide bonds. The lowest BCUT2D eigenvalue weighted by Crippen LogP contribution is -2.29. The van der Waals surface area contributed by atoms with Gasteiger partial charge in [-0.2, -0.15) is 0 Å². The van der Waals surface area contributed by atoms with E-state index in [1.165, 1.54) is 24.3 Å². The topological polar surface area (TPSA) is 111 Å². The van der Waals surface area contributed by atoms with Gasteiger partial charge in [-0.3, -0.25) is 14.4 Å². The summed E-state index contributed by atoms with van der Waals surface area (Å²) in [4.78, 5) is 34.7.